The smallest absolute Gasteiger partial charge is 0.101 e. The second-order valence-corrected chi connectivity index (χ2v) is 1.63. The lowest BCUT2D eigenvalue weighted by molar-refractivity contribution is -0.785. The Balaban J connectivity index is 2.42. The van der Waals surface area contributed by atoms with Crippen molar-refractivity contribution in [1.29, 1.82) is 0 Å². The number of rotatable bonds is 0. The van der Waals surface area contributed by atoms with Crippen molar-refractivity contribution in [2.24, 2.45) is 0 Å². The zero-order valence-corrected chi connectivity index (χ0v) is 4.55. The first-order chi connectivity index (χ1) is 3.29. The summed E-state index contributed by atoms with van der Waals surface area (Å²) in [7, 11) is 3.88. The number of nitrogens with zero attached hydrogens (tertiary/aromatic N) is 2. The number of quaternary nitrogens is 1. The second kappa shape index (κ2) is 1.52. The molecule has 0 aromatic rings. The van der Waals surface area contributed by atoms with Crippen LogP contribution in [-0.4, -0.2) is 19.1 Å². The molecule has 1 rings (SSSR count). The maximum Gasteiger partial charge on any atom is 0.101 e. The Labute approximate surface area is 43.1 Å². The van der Waals surface area contributed by atoms with Crippen LogP contribution in [0.5, 0.6) is 0 Å². The van der Waals surface area contributed by atoms with E-state index in [2.05, 4.69) is 5.53 Å². The van der Waals surface area contributed by atoms with E-state index in [0.717, 1.165) is 5.01 Å². The van der Waals surface area contributed by atoms with Crippen LogP contribution in [0.25, 0.3) is 5.53 Å². The SMILES string of the molecule is CN1C=C[NH+](C)[N-]1. The van der Waals surface area contributed by atoms with Crippen LogP contribution < -0.4 is 5.01 Å². The summed E-state index contributed by atoms with van der Waals surface area (Å²) in [5, 5.41) is 2.86. The molecular formula is C4H9N3. The van der Waals surface area contributed by atoms with Gasteiger partial charge in [0.1, 0.15) is 6.20 Å². The molecule has 0 spiro atoms. The van der Waals surface area contributed by atoms with Gasteiger partial charge in [-0.3, -0.25) is 0 Å². The Morgan fingerprint density at radius 1 is 1.71 bits per heavy atom. The van der Waals surface area contributed by atoms with Crippen molar-refractivity contribution < 1.29 is 5.01 Å². The van der Waals surface area contributed by atoms with Crippen LogP contribution in [0.3, 0.4) is 0 Å². The topological polar surface area (TPSA) is 21.8 Å². The van der Waals surface area contributed by atoms with Gasteiger partial charge in [-0.15, -0.1) is 0 Å². The average molecular weight is 99.1 g/mol. The Morgan fingerprint density at radius 3 is 2.57 bits per heavy atom. The zero-order valence-electron chi connectivity index (χ0n) is 4.55. The third-order valence-corrected chi connectivity index (χ3v) is 0.847. The molecule has 0 saturated carbocycles. The molecule has 0 aromatic carbocycles. The zero-order chi connectivity index (χ0) is 5.28. The third-order valence-electron chi connectivity index (χ3n) is 0.847. The van der Waals surface area contributed by atoms with Crippen LogP contribution in [0, 0.1) is 0 Å². The summed E-state index contributed by atoms with van der Waals surface area (Å²) >= 11 is 0. The minimum Gasteiger partial charge on any atom is -0.430 e. The van der Waals surface area contributed by atoms with Gasteiger partial charge in [0.15, 0.2) is 0 Å². The van der Waals surface area contributed by atoms with Crippen molar-refractivity contribution in [3.8, 4) is 0 Å². The van der Waals surface area contributed by atoms with Gasteiger partial charge in [-0.2, -0.15) is 0 Å². The van der Waals surface area contributed by atoms with Crippen molar-refractivity contribution in [1.82, 2.24) is 5.01 Å². The maximum absolute atomic E-state index is 4.03. The molecule has 0 radical (unpaired) electrons. The summed E-state index contributed by atoms with van der Waals surface area (Å²) in [5.74, 6) is 0. The largest absolute Gasteiger partial charge is 0.430 e. The first kappa shape index (κ1) is 4.61. The summed E-state index contributed by atoms with van der Waals surface area (Å²) in [6, 6.07) is 0. The van der Waals surface area contributed by atoms with E-state index >= 15 is 0 Å². The molecule has 0 saturated heterocycles. The Hall–Kier alpha value is -0.540. The summed E-state index contributed by atoms with van der Waals surface area (Å²) in [5.41, 5.74) is 4.03. The van der Waals surface area contributed by atoms with Gasteiger partial charge < -0.3 is 15.6 Å². The highest BCUT2D eigenvalue weighted by molar-refractivity contribution is 4.81. The molecule has 3 heteroatoms. The van der Waals surface area contributed by atoms with Crippen LogP contribution in [0.4, 0.5) is 0 Å². The molecule has 1 unspecified atom stereocenters. The third kappa shape index (κ3) is 0.913. The first-order valence-electron chi connectivity index (χ1n) is 2.25. The summed E-state index contributed by atoms with van der Waals surface area (Å²) in [6.45, 7) is 0. The van der Waals surface area contributed by atoms with Crippen LogP contribution in [-0.2, 0) is 0 Å². The average Bonchev–Trinajstić information content (AvgIpc) is 1.87. The fourth-order valence-electron chi connectivity index (χ4n) is 0.531. The molecule has 7 heavy (non-hydrogen) atoms. The van der Waals surface area contributed by atoms with E-state index < -0.39 is 0 Å². The summed E-state index contributed by atoms with van der Waals surface area (Å²) in [6.07, 6.45) is 3.90. The predicted octanol–water partition coefficient (Wildman–Crippen LogP) is -0.879. The van der Waals surface area contributed by atoms with Crippen molar-refractivity contribution in [3.63, 3.8) is 0 Å². The molecule has 1 aliphatic heterocycles. The van der Waals surface area contributed by atoms with Gasteiger partial charge in [0, 0.05) is 6.20 Å². The van der Waals surface area contributed by atoms with Crippen molar-refractivity contribution in [3.05, 3.63) is 17.9 Å². The minimum absolute atomic E-state index is 1.07. The molecule has 0 aliphatic carbocycles. The quantitative estimate of drug-likeness (QED) is 0.418. The van der Waals surface area contributed by atoms with Gasteiger partial charge >= 0.3 is 0 Å². The Morgan fingerprint density at radius 2 is 2.43 bits per heavy atom. The molecule has 0 amide bonds. The normalized spacial score (nSPS) is 29.4. The fourth-order valence-corrected chi connectivity index (χ4v) is 0.531. The van der Waals surface area contributed by atoms with Gasteiger partial charge in [-0.1, -0.05) is 0 Å². The standard InChI is InChI=1S/C4H9N3/c1-6-3-4-7(2)5-6/h3-4,6H,1-2H3. The molecular weight excluding hydrogens is 90.1 g/mol. The monoisotopic (exact) mass is 99.1 g/mol. The molecule has 0 bridgehead atoms. The molecule has 0 fully saturated rings. The van der Waals surface area contributed by atoms with Crippen LogP contribution in [0.15, 0.2) is 12.4 Å². The maximum atomic E-state index is 4.03. The molecule has 1 aliphatic rings. The van der Waals surface area contributed by atoms with Gasteiger partial charge in [-0.25, -0.2) is 0 Å². The lowest BCUT2D eigenvalue weighted by Gasteiger charge is -2.24. The van der Waals surface area contributed by atoms with Crippen molar-refractivity contribution in [2.45, 2.75) is 0 Å². The molecule has 1 atom stereocenters. The van der Waals surface area contributed by atoms with E-state index in [4.69, 9.17) is 0 Å². The highest BCUT2D eigenvalue weighted by Crippen LogP contribution is 1.89. The van der Waals surface area contributed by atoms with E-state index in [0.29, 0.717) is 0 Å². The van der Waals surface area contributed by atoms with Crippen molar-refractivity contribution >= 4 is 0 Å². The van der Waals surface area contributed by atoms with Gasteiger partial charge in [-0.05, 0) is 7.05 Å². The molecule has 0 aromatic heterocycles. The van der Waals surface area contributed by atoms with Gasteiger partial charge in [0.25, 0.3) is 0 Å². The number of nitrogens with one attached hydrogen (secondary N) is 1. The molecule has 1 heterocycles. The van der Waals surface area contributed by atoms with Crippen LogP contribution >= 0.6 is 0 Å². The summed E-state index contributed by atoms with van der Waals surface area (Å²) in [4.78, 5) is 0. The molecule has 1 N–H and O–H groups in total. The van der Waals surface area contributed by atoms with E-state index in [-0.39, 0.29) is 0 Å². The predicted molar refractivity (Wildman–Crippen MR) is 27.1 cm³/mol. The number of hydrogen-bond acceptors (Lipinski definition) is 1. The highest BCUT2D eigenvalue weighted by Gasteiger charge is 1.91. The first-order valence-corrected chi connectivity index (χ1v) is 2.25. The number of hydrogen-bond donors (Lipinski definition) is 1. The second-order valence-electron chi connectivity index (χ2n) is 1.63. The van der Waals surface area contributed by atoms with Crippen LogP contribution in [0.2, 0.25) is 0 Å². The lowest BCUT2D eigenvalue weighted by Crippen LogP contribution is -2.98. The van der Waals surface area contributed by atoms with Crippen LogP contribution in [0.1, 0.15) is 0 Å². The molecule has 3 nitrogen and oxygen atoms in total. The lowest BCUT2D eigenvalue weighted by atomic mass is 10.9. The van der Waals surface area contributed by atoms with E-state index in [9.17, 15) is 0 Å². The minimum atomic E-state index is 1.07. The summed E-state index contributed by atoms with van der Waals surface area (Å²) < 4.78 is 0. The highest BCUT2D eigenvalue weighted by atomic mass is 15.8. The molecule has 40 valence electrons. The van der Waals surface area contributed by atoms with Crippen molar-refractivity contribution in [2.75, 3.05) is 14.1 Å². The van der Waals surface area contributed by atoms with Gasteiger partial charge in [0.2, 0.25) is 0 Å². The van der Waals surface area contributed by atoms with E-state index in [1.54, 1.807) is 5.01 Å². The van der Waals surface area contributed by atoms with E-state index in [1.165, 1.54) is 0 Å². The van der Waals surface area contributed by atoms with E-state index in [1.807, 2.05) is 26.5 Å². The fraction of sp³-hybridized carbons (Fsp3) is 0.500. The Kier molecular flexibility index (Phi) is 1.00. The van der Waals surface area contributed by atoms with Gasteiger partial charge in [0.05, 0.1) is 7.05 Å². The Bertz CT molecular complexity index is 78.9.